The molecule has 1 saturated heterocycles. The SMILES string of the molecule is CCS(=O)(=O)c1ccc(N2CCNCC2C(N)=O)cc1. The molecule has 0 aliphatic carbocycles. The number of hydrogen-bond donors (Lipinski definition) is 2. The summed E-state index contributed by atoms with van der Waals surface area (Å²) in [4.78, 5) is 13.7. The highest BCUT2D eigenvalue weighted by Gasteiger charge is 2.27. The molecule has 0 spiro atoms. The highest BCUT2D eigenvalue weighted by molar-refractivity contribution is 7.91. The minimum absolute atomic E-state index is 0.0733. The zero-order chi connectivity index (χ0) is 14.8. The van der Waals surface area contributed by atoms with Gasteiger partial charge in [-0.15, -0.1) is 0 Å². The zero-order valence-corrected chi connectivity index (χ0v) is 12.2. The molecule has 0 saturated carbocycles. The number of amides is 1. The predicted molar refractivity (Wildman–Crippen MR) is 77.4 cm³/mol. The third-order valence-corrected chi connectivity index (χ3v) is 5.23. The number of anilines is 1. The molecule has 1 aliphatic heterocycles. The molecule has 3 N–H and O–H groups in total. The molecule has 1 heterocycles. The van der Waals surface area contributed by atoms with Crippen LogP contribution in [-0.4, -0.2) is 45.8 Å². The zero-order valence-electron chi connectivity index (χ0n) is 11.4. The average molecular weight is 297 g/mol. The van der Waals surface area contributed by atoms with Crippen LogP contribution in [0.15, 0.2) is 29.2 Å². The fraction of sp³-hybridized carbons (Fsp3) is 0.462. The Labute approximate surface area is 118 Å². The van der Waals surface area contributed by atoms with Crippen molar-refractivity contribution in [1.29, 1.82) is 0 Å². The van der Waals surface area contributed by atoms with Crippen molar-refractivity contribution in [3.05, 3.63) is 24.3 Å². The monoisotopic (exact) mass is 297 g/mol. The van der Waals surface area contributed by atoms with Gasteiger partial charge < -0.3 is 16.0 Å². The largest absolute Gasteiger partial charge is 0.368 e. The standard InChI is InChI=1S/C13H19N3O3S/c1-2-20(18,19)11-5-3-10(4-6-11)16-8-7-15-9-12(16)13(14)17/h3-6,12,15H,2,7-9H2,1H3,(H2,14,17). The summed E-state index contributed by atoms with van der Waals surface area (Å²) in [6.07, 6.45) is 0. The second-order valence-corrected chi connectivity index (χ2v) is 6.99. The molecule has 110 valence electrons. The van der Waals surface area contributed by atoms with Gasteiger partial charge in [0.25, 0.3) is 0 Å². The summed E-state index contributed by atoms with van der Waals surface area (Å²) in [5, 5.41) is 3.12. The molecule has 1 amide bonds. The number of primary amides is 1. The van der Waals surface area contributed by atoms with E-state index in [1.165, 1.54) is 0 Å². The van der Waals surface area contributed by atoms with E-state index >= 15 is 0 Å². The van der Waals surface area contributed by atoms with Gasteiger partial charge in [-0.3, -0.25) is 4.79 Å². The first-order chi connectivity index (χ1) is 9.45. The first-order valence-corrected chi connectivity index (χ1v) is 8.20. The normalized spacial score (nSPS) is 19.9. The number of carbonyl (C=O) groups excluding carboxylic acids is 1. The van der Waals surface area contributed by atoms with E-state index in [-0.39, 0.29) is 11.7 Å². The van der Waals surface area contributed by atoms with E-state index in [2.05, 4.69) is 5.32 Å². The van der Waals surface area contributed by atoms with Gasteiger partial charge in [0.2, 0.25) is 5.91 Å². The van der Waals surface area contributed by atoms with Crippen molar-refractivity contribution >= 4 is 21.4 Å². The molecular formula is C13H19N3O3S. The van der Waals surface area contributed by atoms with E-state index < -0.39 is 15.9 Å². The molecule has 1 fully saturated rings. The summed E-state index contributed by atoms with van der Waals surface area (Å²) >= 11 is 0. The number of nitrogens with zero attached hydrogens (tertiary/aromatic N) is 1. The van der Waals surface area contributed by atoms with Crippen LogP contribution in [0.3, 0.4) is 0 Å². The van der Waals surface area contributed by atoms with Crippen molar-refractivity contribution in [3.63, 3.8) is 0 Å². The van der Waals surface area contributed by atoms with E-state index in [0.29, 0.717) is 18.0 Å². The van der Waals surface area contributed by atoms with Gasteiger partial charge in [-0.25, -0.2) is 8.42 Å². The maximum absolute atomic E-state index is 11.8. The summed E-state index contributed by atoms with van der Waals surface area (Å²) in [5.41, 5.74) is 6.21. The van der Waals surface area contributed by atoms with Crippen LogP contribution < -0.4 is 16.0 Å². The van der Waals surface area contributed by atoms with Crippen molar-refractivity contribution in [2.75, 3.05) is 30.3 Å². The molecule has 1 aromatic carbocycles. The van der Waals surface area contributed by atoms with Crippen molar-refractivity contribution in [2.24, 2.45) is 5.73 Å². The van der Waals surface area contributed by atoms with Gasteiger partial charge in [0.1, 0.15) is 6.04 Å². The van der Waals surface area contributed by atoms with Crippen molar-refractivity contribution in [2.45, 2.75) is 17.9 Å². The van der Waals surface area contributed by atoms with Gasteiger partial charge >= 0.3 is 0 Å². The fourth-order valence-electron chi connectivity index (χ4n) is 2.28. The van der Waals surface area contributed by atoms with Crippen LogP contribution in [0.1, 0.15) is 6.92 Å². The Morgan fingerprint density at radius 3 is 2.60 bits per heavy atom. The first-order valence-electron chi connectivity index (χ1n) is 6.55. The molecule has 2 rings (SSSR count). The van der Waals surface area contributed by atoms with Crippen LogP contribution >= 0.6 is 0 Å². The maximum atomic E-state index is 11.8. The molecule has 1 aromatic rings. The van der Waals surface area contributed by atoms with E-state index in [1.807, 2.05) is 4.90 Å². The lowest BCUT2D eigenvalue weighted by molar-refractivity contribution is -0.119. The van der Waals surface area contributed by atoms with E-state index in [4.69, 9.17) is 5.73 Å². The Hall–Kier alpha value is -1.60. The highest BCUT2D eigenvalue weighted by Crippen LogP contribution is 2.21. The van der Waals surface area contributed by atoms with E-state index in [0.717, 1.165) is 12.2 Å². The third kappa shape index (κ3) is 2.94. The quantitative estimate of drug-likeness (QED) is 0.799. The van der Waals surface area contributed by atoms with Crippen molar-refractivity contribution < 1.29 is 13.2 Å². The Balaban J connectivity index is 2.27. The lowest BCUT2D eigenvalue weighted by Crippen LogP contribution is -2.57. The Morgan fingerprint density at radius 2 is 2.05 bits per heavy atom. The summed E-state index contributed by atoms with van der Waals surface area (Å²) in [5.74, 6) is -0.313. The van der Waals surface area contributed by atoms with Gasteiger partial charge in [0.05, 0.1) is 10.6 Å². The van der Waals surface area contributed by atoms with Crippen LogP contribution in [0, 0.1) is 0 Å². The van der Waals surface area contributed by atoms with Crippen LogP contribution in [-0.2, 0) is 14.6 Å². The Bertz CT molecular complexity index is 583. The summed E-state index contributed by atoms with van der Waals surface area (Å²) in [6, 6.07) is 6.20. The smallest absolute Gasteiger partial charge is 0.241 e. The summed E-state index contributed by atoms with van der Waals surface area (Å²) < 4.78 is 23.5. The summed E-state index contributed by atoms with van der Waals surface area (Å²) in [7, 11) is -3.20. The van der Waals surface area contributed by atoms with Crippen molar-refractivity contribution in [1.82, 2.24) is 5.32 Å². The third-order valence-electron chi connectivity index (χ3n) is 3.48. The number of benzene rings is 1. The molecular weight excluding hydrogens is 278 g/mol. The second kappa shape index (κ2) is 5.80. The van der Waals surface area contributed by atoms with Gasteiger partial charge in [-0.1, -0.05) is 6.92 Å². The molecule has 6 nitrogen and oxygen atoms in total. The molecule has 20 heavy (non-hydrogen) atoms. The van der Waals surface area contributed by atoms with Gasteiger partial charge in [-0.05, 0) is 24.3 Å². The molecule has 1 aliphatic rings. The lowest BCUT2D eigenvalue weighted by atomic mass is 10.1. The number of piperazine rings is 1. The number of rotatable bonds is 4. The average Bonchev–Trinajstić information content (AvgIpc) is 2.47. The number of hydrogen-bond acceptors (Lipinski definition) is 5. The first kappa shape index (κ1) is 14.8. The minimum atomic E-state index is -3.20. The number of nitrogens with one attached hydrogen (secondary N) is 1. The van der Waals surface area contributed by atoms with Crippen LogP contribution in [0.5, 0.6) is 0 Å². The molecule has 0 bridgehead atoms. The van der Waals surface area contributed by atoms with Gasteiger partial charge in [-0.2, -0.15) is 0 Å². The fourth-order valence-corrected chi connectivity index (χ4v) is 3.16. The van der Waals surface area contributed by atoms with E-state index in [9.17, 15) is 13.2 Å². The minimum Gasteiger partial charge on any atom is -0.368 e. The van der Waals surface area contributed by atoms with Crippen LogP contribution in [0.25, 0.3) is 0 Å². The van der Waals surface area contributed by atoms with Gasteiger partial charge in [0, 0.05) is 25.3 Å². The molecule has 1 unspecified atom stereocenters. The number of nitrogens with two attached hydrogens (primary N) is 1. The second-order valence-electron chi connectivity index (χ2n) is 4.71. The molecule has 0 aromatic heterocycles. The maximum Gasteiger partial charge on any atom is 0.241 e. The number of carbonyl (C=O) groups is 1. The van der Waals surface area contributed by atoms with Crippen LogP contribution in [0.4, 0.5) is 5.69 Å². The topological polar surface area (TPSA) is 92.5 Å². The molecule has 0 radical (unpaired) electrons. The summed E-state index contributed by atoms with van der Waals surface area (Å²) in [6.45, 7) is 3.54. The van der Waals surface area contributed by atoms with Gasteiger partial charge in [0.15, 0.2) is 9.84 Å². The molecule has 7 heteroatoms. The number of sulfone groups is 1. The predicted octanol–water partition coefficient (Wildman–Crippen LogP) is -0.256. The lowest BCUT2D eigenvalue weighted by Gasteiger charge is -2.36. The molecule has 1 atom stereocenters. The van der Waals surface area contributed by atoms with E-state index in [1.54, 1.807) is 31.2 Å². The Morgan fingerprint density at radius 1 is 1.40 bits per heavy atom. The Kier molecular flexibility index (Phi) is 4.29. The van der Waals surface area contributed by atoms with Crippen molar-refractivity contribution in [3.8, 4) is 0 Å². The van der Waals surface area contributed by atoms with Crippen LogP contribution in [0.2, 0.25) is 0 Å². The highest BCUT2D eigenvalue weighted by atomic mass is 32.2.